The van der Waals surface area contributed by atoms with Gasteiger partial charge in [-0.1, -0.05) is 60.7 Å². The van der Waals surface area contributed by atoms with E-state index in [1.54, 1.807) is 23.6 Å². The summed E-state index contributed by atoms with van der Waals surface area (Å²) in [7, 11) is 1.60. The first-order chi connectivity index (χ1) is 17.8. The molecule has 2 amide bonds. The molecule has 1 atom stereocenters. The fraction of sp³-hybridized carbons (Fsp3) is 0.233. The molecule has 4 aromatic rings. The molecule has 1 aliphatic heterocycles. The maximum absolute atomic E-state index is 14.1. The molecule has 7 heteroatoms. The van der Waals surface area contributed by atoms with Gasteiger partial charge in [-0.3, -0.25) is 19.2 Å². The van der Waals surface area contributed by atoms with Gasteiger partial charge in [0.25, 0.3) is 5.91 Å². The smallest absolute Gasteiger partial charge is 0.277 e. The zero-order valence-electron chi connectivity index (χ0n) is 21.5. The van der Waals surface area contributed by atoms with E-state index in [-0.39, 0.29) is 24.9 Å². The maximum atomic E-state index is 14.1. The number of para-hydroxylation sites is 1. The van der Waals surface area contributed by atoms with E-state index in [9.17, 15) is 9.59 Å². The van der Waals surface area contributed by atoms with Crippen LogP contribution in [0.15, 0.2) is 78.9 Å². The third-order valence-electron chi connectivity index (χ3n) is 6.95. The number of anilines is 1. The van der Waals surface area contributed by atoms with Crippen molar-refractivity contribution in [2.45, 2.75) is 39.4 Å². The summed E-state index contributed by atoms with van der Waals surface area (Å²) in [4.78, 5) is 29.6. The Balaban J connectivity index is 1.57. The molecule has 1 N–H and O–H groups in total. The minimum atomic E-state index is -1.22. The van der Waals surface area contributed by atoms with Crippen LogP contribution >= 0.6 is 0 Å². The molecule has 7 nitrogen and oxygen atoms in total. The van der Waals surface area contributed by atoms with Crippen LogP contribution in [0.1, 0.15) is 34.1 Å². The minimum Gasteiger partial charge on any atom is -0.496 e. The number of benzene rings is 3. The predicted molar refractivity (Wildman–Crippen MR) is 144 cm³/mol. The number of fused-ring (bicyclic) bond motifs is 1. The van der Waals surface area contributed by atoms with Crippen LogP contribution in [0.5, 0.6) is 5.75 Å². The summed E-state index contributed by atoms with van der Waals surface area (Å²) in [6.45, 7) is 6.22. The number of aromatic nitrogens is 2. The van der Waals surface area contributed by atoms with Crippen molar-refractivity contribution in [1.29, 1.82) is 0 Å². The molecule has 1 unspecified atom stereocenters. The minimum absolute atomic E-state index is 0.214. The Bertz CT molecular complexity index is 1480. The molecule has 0 fully saturated rings. The van der Waals surface area contributed by atoms with Gasteiger partial charge in [0.05, 0.1) is 19.3 Å². The van der Waals surface area contributed by atoms with Gasteiger partial charge in [-0.15, -0.1) is 0 Å². The molecule has 1 aliphatic rings. The summed E-state index contributed by atoms with van der Waals surface area (Å²) >= 11 is 0. The second kappa shape index (κ2) is 9.58. The van der Waals surface area contributed by atoms with Gasteiger partial charge < -0.3 is 10.1 Å². The number of rotatable bonds is 6. The van der Waals surface area contributed by atoms with Crippen molar-refractivity contribution in [2.24, 2.45) is 0 Å². The number of aryl methyl sites for hydroxylation is 2. The van der Waals surface area contributed by atoms with E-state index < -0.39 is 5.54 Å². The quantitative estimate of drug-likeness (QED) is 0.413. The Labute approximate surface area is 216 Å². The molecule has 1 aromatic heterocycles. The molecule has 0 spiro atoms. The summed E-state index contributed by atoms with van der Waals surface area (Å²) in [5.74, 6) is 0.167. The lowest BCUT2D eigenvalue weighted by molar-refractivity contribution is -0.126. The van der Waals surface area contributed by atoms with Gasteiger partial charge in [-0.05, 0) is 50.1 Å². The number of nitrogens with one attached hydrogen (secondary N) is 1. The average Bonchev–Trinajstić information content (AvgIpc) is 3.34. The summed E-state index contributed by atoms with van der Waals surface area (Å²) in [5, 5.41) is 7.79. The Kier molecular flexibility index (Phi) is 6.29. The molecule has 0 aliphatic carbocycles. The second-order valence-corrected chi connectivity index (χ2v) is 9.64. The lowest BCUT2D eigenvalue weighted by Gasteiger charge is -2.43. The number of hydrogen-bond donors (Lipinski definition) is 1. The summed E-state index contributed by atoms with van der Waals surface area (Å²) in [5.41, 5.74) is 4.34. The molecule has 188 valence electrons. The number of amides is 2. The largest absolute Gasteiger partial charge is 0.496 e. The first kappa shape index (κ1) is 24.3. The van der Waals surface area contributed by atoms with Crippen molar-refractivity contribution in [2.75, 3.05) is 12.0 Å². The number of carbonyl (C=O) groups excluding carboxylic acids is 2. The van der Waals surface area contributed by atoms with Crippen LogP contribution in [0.4, 0.5) is 5.69 Å². The zero-order valence-corrected chi connectivity index (χ0v) is 21.5. The van der Waals surface area contributed by atoms with Crippen LogP contribution in [-0.4, -0.2) is 34.2 Å². The summed E-state index contributed by atoms with van der Waals surface area (Å²) in [6, 6.07) is 25.0. The monoisotopic (exact) mass is 494 g/mol. The van der Waals surface area contributed by atoms with E-state index >= 15 is 0 Å². The Hall–Kier alpha value is -4.39. The van der Waals surface area contributed by atoms with Crippen molar-refractivity contribution < 1.29 is 14.3 Å². The van der Waals surface area contributed by atoms with Gasteiger partial charge in [-0.2, -0.15) is 5.10 Å². The van der Waals surface area contributed by atoms with Gasteiger partial charge in [0.2, 0.25) is 5.91 Å². The topological polar surface area (TPSA) is 76.5 Å². The zero-order chi connectivity index (χ0) is 26.2. The third-order valence-corrected chi connectivity index (χ3v) is 6.95. The van der Waals surface area contributed by atoms with Gasteiger partial charge in [0, 0.05) is 23.4 Å². The van der Waals surface area contributed by atoms with E-state index in [4.69, 9.17) is 9.84 Å². The Morgan fingerprint density at radius 1 is 1.03 bits per heavy atom. The van der Waals surface area contributed by atoms with Crippen LogP contribution in [0.25, 0.3) is 11.3 Å². The fourth-order valence-electron chi connectivity index (χ4n) is 4.88. The van der Waals surface area contributed by atoms with E-state index in [1.807, 2.05) is 92.7 Å². The first-order valence-electron chi connectivity index (χ1n) is 12.3. The van der Waals surface area contributed by atoms with E-state index in [0.717, 1.165) is 22.3 Å². The molecule has 5 rings (SSSR count). The van der Waals surface area contributed by atoms with Crippen LogP contribution < -0.4 is 15.0 Å². The molecular weight excluding hydrogens is 464 g/mol. The molecular formula is C30H30N4O3. The Morgan fingerprint density at radius 2 is 1.76 bits per heavy atom. The highest BCUT2D eigenvalue weighted by Crippen LogP contribution is 2.36. The SMILES string of the molecule is COc1ccccc1CNC(=O)C1(C)Cn2nc(-c3ccccc3)cc2C(=O)N1c1cc(C)ccc1C. The fourth-order valence-corrected chi connectivity index (χ4v) is 4.88. The number of hydrogen-bond acceptors (Lipinski definition) is 4. The number of methoxy groups -OCH3 is 1. The van der Waals surface area contributed by atoms with Gasteiger partial charge in [-0.25, -0.2) is 0 Å². The lowest BCUT2D eigenvalue weighted by atomic mass is 9.92. The number of carbonyl (C=O) groups is 2. The van der Waals surface area contributed by atoms with Crippen molar-refractivity contribution in [1.82, 2.24) is 15.1 Å². The second-order valence-electron chi connectivity index (χ2n) is 9.64. The van der Waals surface area contributed by atoms with Crippen molar-refractivity contribution in [3.05, 3.63) is 101 Å². The predicted octanol–water partition coefficient (Wildman–Crippen LogP) is 4.91. The summed E-state index contributed by atoms with van der Waals surface area (Å²) in [6.07, 6.45) is 0. The van der Waals surface area contributed by atoms with Crippen LogP contribution in [0.2, 0.25) is 0 Å². The highest BCUT2D eigenvalue weighted by molar-refractivity contribution is 6.12. The molecule has 0 bridgehead atoms. The van der Waals surface area contributed by atoms with Crippen molar-refractivity contribution in [3.63, 3.8) is 0 Å². The molecule has 0 radical (unpaired) electrons. The number of nitrogens with zero attached hydrogens (tertiary/aromatic N) is 3. The molecule has 0 saturated heterocycles. The third kappa shape index (κ3) is 4.37. The molecule has 0 saturated carbocycles. The van der Waals surface area contributed by atoms with Crippen LogP contribution in [-0.2, 0) is 17.9 Å². The molecule has 37 heavy (non-hydrogen) atoms. The van der Waals surface area contributed by atoms with Crippen LogP contribution in [0, 0.1) is 13.8 Å². The number of ether oxygens (including phenoxy) is 1. The maximum Gasteiger partial charge on any atom is 0.277 e. The lowest BCUT2D eigenvalue weighted by Crippen LogP contribution is -2.64. The standard InChI is InChI=1S/C30H30N4O3/c1-20-14-15-21(2)25(16-20)34-28(35)26-17-24(22-10-6-5-7-11-22)32-33(26)19-30(34,3)29(36)31-18-23-12-8-9-13-27(23)37-4/h5-17H,18-19H2,1-4H3,(H,31,36). The van der Waals surface area contributed by atoms with E-state index in [0.29, 0.717) is 22.8 Å². The highest BCUT2D eigenvalue weighted by Gasteiger charge is 2.49. The summed E-state index contributed by atoms with van der Waals surface area (Å²) < 4.78 is 7.11. The van der Waals surface area contributed by atoms with E-state index in [1.165, 1.54) is 0 Å². The van der Waals surface area contributed by atoms with Gasteiger partial charge >= 0.3 is 0 Å². The highest BCUT2D eigenvalue weighted by atomic mass is 16.5. The molecule has 2 heterocycles. The van der Waals surface area contributed by atoms with Gasteiger partial charge in [0.1, 0.15) is 17.0 Å². The molecule has 3 aromatic carbocycles. The Morgan fingerprint density at radius 3 is 2.51 bits per heavy atom. The first-order valence-corrected chi connectivity index (χ1v) is 12.3. The van der Waals surface area contributed by atoms with Crippen LogP contribution in [0.3, 0.4) is 0 Å². The van der Waals surface area contributed by atoms with Crippen molar-refractivity contribution in [3.8, 4) is 17.0 Å². The van der Waals surface area contributed by atoms with Gasteiger partial charge in [0.15, 0.2) is 0 Å². The van der Waals surface area contributed by atoms with Crippen molar-refractivity contribution >= 4 is 17.5 Å². The average molecular weight is 495 g/mol. The normalized spacial score (nSPS) is 16.9. The van der Waals surface area contributed by atoms with E-state index in [2.05, 4.69) is 5.32 Å².